The van der Waals surface area contributed by atoms with Gasteiger partial charge >= 0.3 is 0 Å². The molecular formula is C17H23ClN2O. The van der Waals surface area contributed by atoms with E-state index in [9.17, 15) is 4.79 Å². The number of hydrogen-bond acceptors (Lipinski definition) is 2. The quantitative estimate of drug-likeness (QED) is 0.876. The Morgan fingerprint density at radius 2 is 2.05 bits per heavy atom. The van der Waals surface area contributed by atoms with Crippen LogP contribution in [0, 0.1) is 5.92 Å². The second kappa shape index (κ2) is 6.37. The molecule has 0 spiro atoms. The zero-order chi connectivity index (χ0) is 14.8. The average molecular weight is 307 g/mol. The lowest BCUT2D eigenvalue weighted by Gasteiger charge is -2.23. The van der Waals surface area contributed by atoms with Crippen LogP contribution in [0.1, 0.15) is 62.1 Å². The molecule has 0 saturated heterocycles. The van der Waals surface area contributed by atoms with Gasteiger partial charge in [0.05, 0.1) is 6.42 Å². The van der Waals surface area contributed by atoms with E-state index in [1.165, 1.54) is 38.5 Å². The van der Waals surface area contributed by atoms with Crippen molar-refractivity contribution in [3.8, 4) is 0 Å². The summed E-state index contributed by atoms with van der Waals surface area (Å²) < 4.78 is 0. The number of carbonyl (C=O) groups is 1. The fourth-order valence-electron chi connectivity index (χ4n) is 3.60. The zero-order valence-electron chi connectivity index (χ0n) is 12.3. The van der Waals surface area contributed by atoms with E-state index in [0.29, 0.717) is 11.4 Å². The normalized spacial score (nSPS) is 20.2. The molecule has 1 aliphatic carbocycles. The molecule has 1 amide bonds. The maximum Gasteiger partial charge on any atom is 0.228 e. The summed E-state index contributed by atoms with van der Waals surface area (Å²) in [5, 5.41) is 3.50. The number of nitrogens with two attached hydrogens (primary N) is 1. The third kappa shape index (κ3) is 3.41. The molecule has 114 valence electrons. The standard InChI is InChI=1S/C17H23ClN2O/c18-14-10-16-12(9-17(21)20-16)8-13(14)15(19)7-6-11-4-2-1-3-5-11/h8,10-11,15H,1-7,9,19H2,(H,20,21). The van der Waals surface area contributed by atoms with Gasteiger partial charge in [-0.1, -0.05) is 49.8 Å². The van der Waals surface area contributed by atoms with Crippen LogP contribution in [0.3, 0.4) is 0 Å². The number of rotatable bonds is 4. The Kier molecular flexibility index (Phi) is 4.51. The fraction of sp³-hybridized carbons (Fsp3) is 0.588. The Morgan fingerprint density at radius 1 is 1.29 bits per heavy atom. The molecular weight excluding hydrogens is 284 g/mol. The van der Waals surface area contributed by atoms with E-state index in [1.807, 2.05) is 12.1 Å². The number of hydrogen-bond donors (Lipinski definition) is 2. The van der Waals surface area contributed by atoms with E-state index in [-0.39, 0.29) is 11.9 Å². The van der Waals surface area contributed by atoms with Crippen molar-refractivity contribution in [2.75, 3.05) is 5.32 Å². The van der Waals surface area contributed by atoms with Gasteiger partial charge < -0.3 is 11.1 Å². The van der Waals surface area contributed by atoms with Crippen LogP contribution in [0.5, 0.6) is 0 Å². The highest BCUT2D eigenvalue weighted by atomic mass is 35.5. The van der Waals surface area contributed by atoms with Gasteiger partial charge in [-0.05, 0) is 36.0 Å². The molecule has 21 heavy (non-hydrogen) atoms. The fourth-order valence-corrected chi connectivity index (χ4v) is 3.90. The summed E-state index contributed by atoms with van der Waals surface area (Å²) >= 11 is 6.34. The second-order valence-electron chi connectivity index (χ2n) is 6.44. The van der Waals surface area contributed by atoms with Crippen LogP contribution in [-0.2, 0) is 11.2 Å². The van der Waals surface area contributed by atoms with Gasteiger partial charge in [-0.15, -0.1) is 0 Å². The molecule has 1 aromatic rings. The van der Waals surface area contributed by atoms with Gasteiger partial charge in [0.25, 0.3) is 0 Å². The lowest BCUT2D eigenvalue weighted by atomic mass is 9.84. The molecule has 3 nitrogen and oxygen atoms in total. The van der Waals surface area contributed by atoms with E-state index in [2.05, 4.69) is 5.32 Å². The SMILES string of the molecule is NC(CCC1CCCCC1)c1cc2c(cc1Cl)NC(=O)C2. The van der Waals surface area contributed by atoms with Gasteiger partial charge in [0.15, 0.2) is 0 Å². The topological polar surface area (TPSA) is 55.1 Å². The summed E-state index contributed by atoms with van der Waals surface area (Å²) in [5.41, 5.74) is 9.20. The average Bonchev–Trinajstić information content (AvgIpc) is 2.84. The summed E-state index contributed by atoms with van der Waals surface area (Å²) in [4.78, 5) is 11.4. The highest BCUT2D eigenvalue weighted by Gasteiger charge is 2.22. The summed E-state index contributed by atoms with van der Waals surface area (Å²) in [6.45, 7) is 0. The minimum Gasteiger partial charge on any atom is -0.325 e. The lowest BCUT2D eigenvalue weighted by Crippen LogP contribution is -2.14. The Morgan fingerprint density at radius 3 is 2.81 bits per heavy atom. The molecule has 1 heterocycles. The van der Waals surface area contributed by atoms with Crippen molar-refractivity contribution in [1.82, 2.24) is 0 Å². The Hall–Kier alpha value is -1.06. The second-order valence-corrected chi connectivity index (χ2v) is 6.85. The van der Waals surface area contributed by atoms with Crippen LogP contribution < -0.4 is 11.1 Å². The van der Waals surface area contributed by atoms with Crippen molar-refractivity contribution in [2.45, 2.75) is 57.4 Å². The minimum atomic E-state index is -0.0274. The predicted molar refractivity (Wildman–Crippen MR) is 86.5 cm³/mol. The van der Waals surface area contributed by atoms with Crippen molar-refractivity contribution in [2.24, 2.45) is 11.7 Å². The first-order valence-electron chi connectivity index (χ1n) is 8.01. The molecule has 1 saturated carbocycles. The summed E-state index contributed by atoms with van der Waals surface area (Å²) in [7, 11) is 0. The maximum absolute atomic E-state index is 11.4. The number of halogens is 1. The molecule has 2 aliphatic rings. The number of benzene rings is 1. The van der Waals surface area contributed by atoms with E-state index in [0.717, 1.165) is 29.2 Å². The smallest absolute Gasteiger partial charge is 0.228 e. The van der Waals surface area contributed by atoms with Crippen LogP contribution in [-0.4, -0.2) is 5.91 Å². The first-order valence-corrected chi connectivity index (χ1v) is 8.39. The molecule has 0 bridgehead atoms. The maximum atomic E-state index is 11.4. The number of nitrogens with one attached hydrogen (secondary N) is 1. The molecule has 0 aromatic heterocycles. The minimum absolute atomic E-state index is 0.0274. The van der Waals surface area contributed by atoms with Crippen molar-refractivity contribution < 1.29 is 4.79 Å². The molecule has 1 aromatic carbocycles. The molecule has 1 aliphatic heterocycles. The van der Waals surface area contributed by atoms with Gasteiger partial charge in [0, 0.05) is 16.8 Å². The van der Waals surface area contributed by atoms with E-state index in [1.54, 1.807) is 0 Å². The predicted octanol–water partition coefficient (Wildman–Crippen LogP) is 4.19. The van der Waals surface area contributed by atoms with E-state index < -0.39 is 0 Å². The Bertz CT molecular complexity index is 538. The number of carbonyl (C=O) groups excluding carboxylic acids is 1. The van der Waals surface area contributed by atoms with Crippen LogP contribution in [0.25, 0.3) is 0 Å². The van der Waals surface area contributed by atoms with Crippen molar-refractivity contribution in [3.63, 3.8) is 0 Å². The highest BCUT2D eigenvalue weighted by Crippen LogP contribution is 2.35. The molecule has 3 rings (SSSR count). The lowest BCUT2D eigenvalue weighted by molar-refractivity contribution is -0.115. The van der Waals surface area contributed by atoms with Gasteiger partial charge in [0.1, 0.15) is 0 Å². The molecule has 3 N–H and O–H groups in total. The van der Waals surface area contributed by atoms with Crippen molar-refractivity contribution in [3.05, 3.63) is 28.3 Å². The third-order valence-electron chi connectivity index (χ3n) is 4.86. The van der Waals surface area contributed by atoms with Gasteiger partial charge in [-0.25, -0.2) is 0 Å². The molecule has 1 unspecified atom stereocenters. The molecule has 1 fully saturated rings. The Balaban J connectivity index is 1.65. The van der Waals surface area contributed by atoms with Crippen LogP contribution in [0.15, 0.2) is 12.1 Å². The molecule has 0 radical (unpaired) electrons. The molecule has 4 heteroatoms. The summed E-state index contributed by atoms with van der Waals surface area (Å²) in [6.07, 6.45) is 9.43. The number of fused-ring (bicyclic) bond motifs is 1. The largest absolute Gasteiger partial charge is 0.325 e. The van der Waals surface area contributed by atoms with Gasteiger partial charge in [-0.2, -0.15) is 0 Å². The zero-order valence-corrected chi connectivity index (χ0v) is 13.1. The third-order valence-corrected chi connectivity index (χ3v) is 5.19. The van der Waals surface area contributed by atoms with Gasteiger partial charge in [0.2, 0.25) is 5.91 Å². The first kappa shape index (κ1) is 14.9. The summed E-state index contributed by atoms with van der Waals surface area (Å²) in [6, 6.07) is 3.83. The van der Waals surface area contributed by atoms with Crippen LogP contribution in [0.4, 0.5) is 5.69 Å². The van der Waals surface area contributed by atoms with Crippen LogP contribution >= 0.6 is 11.6 Å². The van der Waals surface area contributed by atoms with Crippen molar-refractivity contribution in [1.29, 1.82) is 0 Å². The first-order chi connectivity index (χ1) is 10.1. The van der Waals surface area contributed by atoms with E-state index in [4.69, 9.17) is 17.3 Å². The van der Waals surface area contributed by atoms with Crippen molar-refractivity contribution >= 4 is 23.2 Å². The monoisotopic (exact) mass is 306 g/mol. The Labute approximate surface area is 131 Å². The van der Waals surface area contributed by atoms with Gasteiger partial charge in [-0.3, -0.25) is 4.79 Å². The number of amides is 1. The van der Waals surface area contributed by atoms with Crippen LogP contribution in [0.2, 0.25) is 5.02 Å². The highest BCUT2D eigenvalue weighted by molar-refractivity contribution is 6.32. The number of anilines is 1. The molecule has 1 atom stereocenters. The summed E-state index contributed by atoms with van der Waals surface area (Å²) in [5.74, 6) is 0.871. The van der Waals surface area contributed by atoms with E-state index >= 15 is 0 Å².